The Bertz CT molecular complexity index is 375. The lowest BCUT2D eigenvalue weighted by Gasteiger charge is -2.03. The summed E-state index contributed by atoms with van der Waals surface area (Å²) in [5, 5.41) is 0. The fraction of sp³-hybridized carbons (Fsp3) is 0.125. The van der Waals surface area contributed by atoms with E-state index in [1.165, 1.54) is 7.11 Å². The average molecular weight is 201 g/mol. The van der Waals surface area contributed by atoms with Crippen LogP contribution in [0, 0.1) is 11.6 Å². The highest BCUT2D eigenvalue weighted by Gasteiger charge is 2.09. The zero-order valence-electron chi connectivity index (χ0n) is 7.42. The second-order valence-electron chi connectivity index (χ2n) is 2.47. The molecule has 0 saturated heterocycles. The molecule has 0 bridgehead atoms. The van der Waals surface area contributed by atoms with Gasteiger partial charge in [0.2, 0.25) is 0 Å². The van der Waals surface area contributed by atoms with Gasteiger partial charge in [-0.2, -0.15) is 0 Å². The molecule has 1 aromatic carbocycles. The second kappa shape index (κ2) is 3.91. The SMILES string of the molecule is COc1cc(F)c(N=C(N)N)cc1F. The van der Waals surface area contributed by atoms with Gasteiger partial charge >= 0.3 is 0 Å². The minimum absolute atomic E-state index is 0.197. The molecule has 0 amide bonds. The van der Waals surface area contributed by atoms with Crippen molar-refractivity contribution in [3.05, 3.63) is 23.8 Å². The summed E-state index contributed by atoms with van der Waals surface area (Å²) in [4.78, 5) is 3.40. The Kier molecular flexibility index (Phi) is 2.85. The van der Waals surface area contributed by atoms with Crippen molar-refractivity contribution < 1.29 is 13.5 Å². The molecular weight excluding hydrogens is 192 g/mol. The highest BCUT2D eigenvalue weighted by atomic mass is 19.1. The molecule has 0 aliphatic rings. The lowest BCUT2D eigenvalue weighted by molar-refractivity contribution is 0.383. The van der Waals surface area contributed by atoms with E-state index in [2.05, 4.69) is 9.73 Å². The normalized spacial score (nSPS) is 9.64. The molecule has 0 aromatic heterocycles. The zero-order chi connectivity index (χ0) is 10.7. The Morgan fingerprint density at radius 2 is 1.93 bits per heavy atom. The first-order valence-electron chi connectivity index (χ1n) is 3.67. The molecule has 76 valence electrons. The summed E-state index contributed by atoms with van der Waals surface area (Å²) in [7, 11) is 1.23. The van der Waals surface area contributed by atoms with Crippen LogP contribution < -0.4 is 16.2 Å². The number of nitrogens with zero attached hydrogens (tertiary/aromatic N) is 1. The van der Waals surface area contributed by atoms with Gasteiger partial charge in [-0.05, 0) is 0 Å². The van der Waals surface area contributed by atoms with Crippen LogP contribution in [0.4, 0.5) is 14.5 Å². The molecule has 0 radical (unpaired) electrons. The van der Waals surface area contributed by atoms with Gasteiger partial charge in [-0.25, -0.2) is 13.8 Å². The fourth-order valence-electron chi connectivity index (χ4n) is 0.899. The minimum Gasteiger partial charge on any atom is -0.494 e. The van der Waals surface area contributed by atoms with E-state index in [0.29, 0.717) is 0 Å². The van der Waals surface area contributed by atoms with Crippen molar-refractivity contribution in [2.24, 2.45) is 16.5 Å². The third kappa shape index (κ3) is 2.09. The standard InChI is InChI=1S/C8H9F2N3O/c1-14-7-3-4(9)6(2-5(7)10)13-8(11)12/h2-3H,1H3,(H4,11,12,13). The highest BCUT2D eigenvalue weighted by molar-refractivity contribution is 5.79. The number of rotatable bonds is 2. The predicted molar refractivity (Wildman–Crippen MR) is 48.4 cm³/mol. The molecule has 0 aliphatic heterocycles. The molecule has 1 rings (SSSR count). The Morgan fingerprint density at radius 3 is 2.43 bits per heavy atom. The van der Waals surface area contributed by atoms with Gasteiger partial charge in [-0.3, -0.25) is 0 Å². The molecule has 4 nitrogen and oxygen atoms in total. The van der Waals surface area contributed by atoms with Gasteiger partial charge in [-0.15, -0.1) is 0 Å². The molecule has 6 heteroatoms. The Labute approximate surface area is 79.2 Å². The quantitative estimate of drug-likeness (QED) is 0.551. The topological polar surface area (TPSA) is 73.6 Å². The highest BCUT2D eigenvalue weighted by Crippen LogP contribution is 2.26. The van der Waals surface area contributed by atoms with Gasteiger partial charge in [0.15, 0.2) is 23.3 Å². The Morgan fingerprint density at radius 1 is 1.29 bits per heavy atom. The van der Waals surface area contributed by atoms with Crippen LogP contribution in [0.25, 0.3) is 0 Å². The van der Waals surface area contributed by atoms with Gasteiger partial charge in [0.05, 0.1) is 7.11 Å². The van der Waals surface area contributed by atoms with Gasteiger partial charge in [-0.1, -0.05) is 0 Å². The summed E-state index contributed by atoms with van der Waals surface area (Å²) in [6, 6.07) is 1.73. The number of hydrogen-bond acceptors (Lipinski definition) is 2. The van der Waals surface area contributed by atoms with E-state index in [1.54, 1.807) is 0 Å². The Balaban J connectivity index is 3.22. The summed E-state index contributed by atoms with van der Waals surface area (Å²) in [6.07, 6.45) is 0. The van der Waals surface area contributed by atoms with Crippen LogP contribution in [0.5, 0.6) is 5.75 Å². The molecule has 0 saturated carbocycles. The molecule has 0 heterocycles. The van der Waals surface area contributed by atoms with Crippen molar-refractivity contribution >= 4 is 11.6 Å². The van der Waals surface area contributed by atoms with Crippen molar-refractivity contribution in [2.75, 3.05) is 7.11 Å². The number of ether oxygens (including phenoxy) is 1. The molecule has 0 unspecified atom stereocenters. The monoisotopic (exact) mass is 201 g/mol. The number of aliphatic imine (C=N–C) groups is 1. The lowest BCUT2D eigenvalue weighted by atomic mass is 10.3. The van der Waals surface area contributed by atoms with E-state index in [9.17, 15) is 8.78 Å². The van der Waals surface area contributed by atoms with Gasteiger partial charge < -0.3 is 16.2 Å². The summed E-state index contributed by atoms with van der Waals surface area (Å²) in [5.74, 6) is -2.02. The predicted octanol–water partition coefficient (Wildman–Crippen LogP) is 0.878. The number of hydrogen-bond donors (Lipinski definition) is 2. The molecule has 1 aromatic rings. The van der Waals surface area contributed by atoms with Crippen LogP contribution in [0.1, 0.15) is 0 Å². The van der Waals surface area contributed by atoms with Gasteiger partial charge in [0.1, 0.15) is 5.69 Å². The third-order valence-electron chi connectivity index (χ3n) is 1.47. The fourth-order valence-corrected chi connectivity index (χ4v) is 0.899. The molecule has 0 fully saturated rings. The van der Waals surface area contributed by atoms with Crippen molar-refractivity contribution in [3.8, 4) is 5.75 Å². The average Bonchev–Trinajstić information content (AvgIpc) is 2.10. The second-order valence-corrected chi connectivity index (χ2v) is 2.47. The van der Waals surface area contributed by atoms with Crippen molar-refractivity contribution in [1.29, 1.82) is 0 Å². The van der Waals surface area contributed by atoms with Gasteiger partial charge in [0.25, 0.3) is 0 Å². The van der Waals surface area contributed by atoms with Crippen molar-refractivity contribution in [1.82, 2.24) is 0 Å². The summed E-state index contributed by atoms with van der Waals surface area (Å²) in [5.41, 5.74) is 9.78. The van der Waals surface area contributed by atoms with Crippen LogP contribution >= 0.6 is 0 Å². The van der Waals surface area contributed by atoms with Crippen LogP contribution in [-0.2, 0) is 0 Å². The number of halogens is 2. The largest absolute Gasteiger partial charge is 0.494 e. The Hall–Kier alpha value is -1.85. The maximum Gasteiger partial charge on any atom is 0.191 e. The molecule has 0 atom stereocenters. The number of benzene rings is 1. The van der Waals surface area contributed by atoms with E-state index in [1.807, 2.05) is 0 Å². The molecular formula is C8H9F2N3O. The number of methoxy groups -OCH3 is 1. The molecule has 0 spiro atoms. The maximum atomic E-state index is 13.1. The molecule has 0 aliphatic carbocycles. The van der Waals surface area contributed by atoms with Crippen LogP contribution in [0.2, 0.25) is 0 Å². The van der Waals surface area contributed by atoms with E-state index >= 15 is 0 Å². The van der Waals surface area contributed by atoms with Crippen LogP contribution in [0.3, 0.4) is 0 Å². The van der Waals surface area contributed by atoms with Crippen LogP contribution in [-0.4, -0.2) is 13.1 Å². The first-order valence-corrected chi connectivity index (χ1v) is 3.67. The lowest BCUT2D eigenvalue weighted by Crippen LogP contribution is -2.22. The van der Waals surface area contributed by atoms with Crippen LogP contribution in [0.15, 0.2) is 17.1 Å². The minimum atomic E-state index is -0.753. The number of nitrogens with two attached hydrogens (primary N) is 2. The van der Waals surface area contributed by atoms with Crippen molar-refractivity contribution in [2.45, 2.75) is 0 Å². The summed E-state index contributed by atoms with van der Waals surface area (Å²) >= 11 is 0. The van der Waals surface area contributed by atoms with Crippen molar-refractivity contribution in [3.63, 3.8) is 0 Å². The van der Waals surface area contributed by atoms with E-state index < -0.39 is 11.6 Å². The first kappa shape index (κ1) is 10.2. The summed E-state index contributed by atoms with van der Waals surface area (Å²) < 4.78 is 30.7. The molecule has 4 N–H and O–H groups in total. The van der Waals surface area contributed by atoms with E-state index in [4.69, 9.17) is 11.5 Å². The smallest absolute Gasteiger partial charge is 0.191 e. The summed E-state index contributed by atoms with van der Waals surface area (Å²) in [6.45, 7) is 0. The molecule has 14 heavy (non-hydrogen) atoms. The zero-order valence-corrected chi connectivity index (χ0v) is 7.42. The maximum absolute atomic E-state index is 13.1. The number of guanidine groups is 1. The van der Waals surface area contributed by atoms with Gasteiger partial charge in [0, 0.05) is 12.1 Å². The van der Waals surface area contributed by atoms with E-state index in [0.717, 1.165) is 12.1 Å². The third-order valence-corrected chi connectivity index (χ3v) is 1.47. The van der Waals surface area contributed by atoms with E-state index in [-0.39, 0.29) is 17.4 Å². The first-order chi connectivity index (χ1) is 6.54.